The Balaban J connectivity index is 3.50. The van der Waals surface area contributed by atoms with Gasteiger partial charge in [0.1, 0.15) is 4.90 Å². The Kier molecular flexibility index (Phi) is 2.61. The average molecular weight is 217 g/mol. The predicted octanol–water partition coefficient (Wildman–Crippen LogP) is 2.11. The van der Waals surface area contributed by atoms with Gasteiger partial charge in [0, 0.05) is 0 Å². The topological polar surface area (TPSA) is 54.4 Å². The van der Waals surface area contributed by atoms with Gasteiger partial charge in [0.15, 0.2) is 0 Å². The van der Waals surface area contributed by atoms with Crippen LogP contribution in [0.3, 0.4) is 0 Å². The van der Waals surface area contributed by atoms with Crippen LogP contribution in [0.4, 0.5) is 0 Å². The molecule has 0 unspecified atom stereocenters. The molecule has 0 saturated heterocycles. The summed E-state index contributed by atoms with van der Waals surface area (Å²) in [5.74, 6) is 0. The summed E-state index contributed by atoms with van der Waals surface area (Å²) in [6.07, 6.45) is 0. The molecule has 0 amide bonds. The van der Waals surface area contributed by atoms with Crippen molar-refractivity contribution >= 4 is 22.7 Å². The molecule has 3 nitrogen and oxygen atoms in total. The van der Waals surface area contributed by atoms with Gasteiger partial charge < -0.3 is 0 Å². The van der Waals surface area contributed by atoms with Crippen LogP contribution in [0.2, 0.25) is 0 Å². The van der Waals surface area contributed by atoms with Gasteiger partial charge >= 0.3 is 0 Å². The molecule has 0 heterocycles. The van der Waals surface area contributed by atoms with Crippen molar-refractivity contribution in [3.63, 3.8) is 0 Å². The van der Waals surface area contributed by atoms with Crippen molar-refractivity contribution in [1.29, 1.82) is 0 Å². The molecule has 0 aliphatic rings. The van der Waals surface area contributed by atoms with Gasteiger partial charge in [-0.1, -0.05) is 12.6 Å². The van der Waals surface area contributed by atoms with Gasteiger partial charge in [0.2, 0.25) is 0 Å². The minimum Gasteiger partial charge on any atom is -0.282 e. The summed E-state index contributed by atoms with van der Waals surface area (Å²) in [4.78, 5) is -0.0313. The fourth-order valence-corrected chi connectivity index (χ4v) is 2.16. The van der Waals surface area contributed by atoms with E-state index in [4.69, 9.17) is 17.2 Å². The SMILES string of the molecule is Cc1cc([S])c(S(=O)(=O)O)cc1C. The van der Waals surface area contributed by atoms with Gasteiger partial charge in [-0.25, -0.2) is 0 Å². The number of hydrogen-bond donors (Lipinski definition) is 1. The van der Waals surface area contributed by atoms with Gasteiger partial charge in [-0.05, 0) is 37.1 Å². The zero-order valence-corrected chi connectivity index (χ0v) is 8.87. The molecular weight excluding hydrogens is 208 g/mol. The molecule has 1 rings (SSSR count). The Morgan fingerprint density at radius 1 is 1.23 bits per heavy atom. The molecule has 0 bridgehead atoms. The molecule has 1 aromatic rings. The van der Waals surface area contributed by atoms with E-state index in [0.29, 0.717) is 0 Å². The molecule has 1 N–H and O–H groups in total. The largest absolute Gasteiger partial charge is 0.295 e. The lowest BCUT2D eigenvalue weighted by atomic mass is 10.1. The molecule has 0 saturated carbocycles. The maximum atomic E-state index is 10.8. The first-order chi connectivity index (χ1) is 5.82. The van der Waals surface area contributed by atoms with E-state index in [1.54, 1.807) is 13.0 Å². The van der Waals surface area contributed by atoms with Crippen LogP contribution >= 0.6 is 12.6 Å². The molecule has 1 aromatic carbocycles. The minimum absolute atomic E-state index is 0.158. The van der Waals surface area contributed by atoms with Crippen molar-refractivity contribution in [2.45, 2.75) is 23.6 Å². The third kappa shape index (κ3) is 2.18. The van der Waals surface area contributed by atoms with Crippen molar-refractivity contribution in [3.05, 3.63) is 23.3 Å². The van der Waals surface area contributed by atoms with Gasteiger partial charge in [0.05, 0.1) is 4.90 Å². The van der Waals surface area contributed by atoms with Crippen LogP contribution < -0.4 is 0 Å². The lowest BCUT2D eigenvalue weighted by molar-refractivity contribution is 0.481. The van der Waals surface area contributed by atoms with Gasteiger partial charge in [-0.15, -0.1) is 0 Å². The smallest absolute Gasteiger partial charge is 0.282 e. The minimum atomic E-state index is -4.18. The summed E-state index contributed by atoms with van der Waals surface area (Å²) in [5, 5.41) is 0. The van der Waals surface area contributed by atoms with E-state index in [1.807, 2.05) is 6.92 Å². The number of hydrogen-bond acceptors (Lipinski definition) is 2. The Morgan fingerprint density at radius 3 is 2.15 bits per heavy atom. The summed E-state index contributed by atoms with van der Waals surface area (Å²) in [5.41, 5.74) is 1.71. The second kappa shape index (κ2) is 3.25. The molecule has 13 heavy (non-hydrogen) atoms. The highest BCUT2D eigenvalue weighted by molar-refractivity contribution is 7.87. The summed E-state index contributed by atoms with van der Waals surface area (Å²) >= 11 is 4.81. The fraction of sp³-hybridized carbons (Fsp3) is 0.250. The predicted molar refractivity (Wildman–Crippen MR) is 51.6 cm³/mol. The highest BCUT2D eigenvalue weighted by atomic mass is 32.2. The van der Waals surface area contributed by atoms with Crippen molar-refractivity contribution < 1.29 is 13.0 Å². The zero-order valence-electron chi connectivity index (χ0n) is 7.23. The number of rotatable bonds is 1. The van der Waals surface area contributed by atoms with Crippen LogP contribution in [0.15, 0.2) is 21.9 Å². The van der Waals surface area contributed by atoms with Crippen molar-refractivity contribution in [1.82, 2.24) is 0 Å². The summed E-state index contributed by atoms with van der Waals surface area (Å²) in [6.45, 7) is 3.59. The first-order valence-corrected chi connectivity index (χ1v) is 5.43. The first-order valence-electron chi connectivity index (χ1n) is 3.58. The Bertz CT molecular complexity index is 435. The zero-order chi connectivity index (χ0) is 10.2. The average Bonchev–Trinajstić information content (AvgIpc) is 1.94. The van der Waals surface area contributed by atoms with Crippen molar-refractivity contribution in [2.75, 3.05) is 0 Å². The summed E-state index contributed by atoms with van der Waals surface area (Å²) in [7, 11) is -4.18. The van der Waals surface area contributed by atoms with E-state index in [-0.39, 0.29) is 9.79 Å². The Hall–Kier alpha value is -0.650. The fourth-order valence-electron chi connectivity index (χ4n) is 0.965. The Morgan fingerprint density at radius 2 is 1.69 bits per heavy atom. The highest BCUT2D eigenvalue weighted by Crippen LogP contribution is 2.23. The van der Waals surface area contributed by atoms with Gasteiger partial charge in [-0.3, -0.25) is 4.55 Å². The standard InChI is InChI=1S/C8H9O3S2/c1-5-3-7(12)8(4-6(5)2)13(9,10)11/h3-4H,1-2H3,(H,9,10,11). The van der Waals surface area contributed by atoms with Crippen LogP contribution in [-0.2, 0) is 10.1 Å². The quantitative estimate of drug-likeness (QED) is 0.733. The molecule has 0 atom stereocenters. The number of benzene rings is 1. The molecule has 0 spiro atoms. The lowest BCUT2D eigenvalue weighted by Gasteiger charge is -2.04. The van der Waals surface area contributed by atoms with Crippen LogP contribution in [0, 0.1) is 13.8 Å². The van der Waals surface area contributed by atoms with Gasteiger partial charge in [-0.2, -0.15) is 8.42 Å². The second-order valence-corrected chi connectivity index (χ2v) is 4.69. The monoisotopic (exact) mass is 217 g/mol. The van der Waals surface area contributed by atoms with E-state index >= 15 is 0 Å². The molecule has 5 heteroatoms. The molecule has 1 radical (unpaired) electrons. The van der Waals surface area contributed by atoms with Crippen LogP contribution in [-0.4, -0.2) is 13.0 Å². The molecule has 71 valence electrons. The van der Waals surface area contributed by atoms with Crippen molar-refractivity contribution in [2.24, 2.45) is 0 Å². The third-order valence-corrected chi connectivity index (χ3v) is 3.20. The third-order valence-electron chi connectivity index (χ3n) is 1.84. The van der Waals surface area contributed by atoms with Crippen molar-refractivity contribution in [3.8, 4) is 0 Å². The second-order valence-electron chi connectivity index (χ2n) is 2.86. The molecule has 0 aliphatic heterocycles. The molecule has 0 aromatic heterocycles. The summed E-state index contributed by atoms with van der Waals surface area (Å²) in [6, 6.07) is 2.95. The Labute approximate surface area is 82.9 Å². The molecule has 0 aliphatic carbocycles. The maximum Gasteiger partial charge on any atom is 0.295 e. The van der Waals surface area contributed by atoms with Crippen LogP contribution in [0.1, 0.15) is 11.1 Å². The lowest BCUT2D eigenvalue weighted by Crippen LogP contribution is -2.00. The summed E-state index contributed by atoms with van der Waals surface area (Å²) < 4.78 is 30.4. The van der Waals surface area contributed by atoms with E-state index in [0.717, 1.165) is 11.1 Å². The van der Waals surface area contributed by atoms with Crippen LogP contribution in [0.25, 0.3) is 0 Å². The van der Waals surface area contributed by atoms with E-state index in [9.17, 15) is 8.42 Å². The molecular formula is C8H9O3S2. The normalized spacial score (nSPS) is 11.6. The maximum absolute atomic E-state index is 10.8. The van der Waals surface area contributed by atoms with Gasteiger partial charge in [0.25, 0.3) is 10.1 Å². The number of aryl methyl sites for hydroxylation is 2. The van der Waals surface area contributed by atoms with E-state index in [1.165, 1.54) is 6.07 Å². The van der Waals surface area contributed by atoms with E-state index < -0.39 is 10.1 Å². The van der Waals surface area contributed by atoms with E-state index in [2.05, 4.69) is 0 Å². The highest BCUT2D eigenvalue weighted by Gasteiger charge is 2.15. The molecule has 0 fully saturated rings. The van der Waals surface area contributed by atoms with Crippen LogP contribution in [0.5, 0.6) is 0 Å². The first kappa shape index (κ1) is 10.4.